The molecule has 30 heavy (non-hydrogen) atoms. The van der Waals surface area contributed by atoms with Crippen LogP contribution in [0.25, 0.3) is 0 Å². The van der Waals surface area contributed by atoms with Crippen LogP contribution in [0.3, 0.4) is 0 Å². The first-order valence-electron chi connectivity index (χ1n) is 9.28. The van der Waals surface area contributed by atoms with Crippen LogP contribution in [0.15, 0.2) is 83.8 Å². The molecule has 0 radical (unpaired) electrons. The molecule has 2 atom stereocenters. The van der Waals surface area contributed by atoms with E-state index in [0.717, 1.165) is 11.1 Å². The Morgan fingerprint density at radius 3 is 2.10 bits per heavy atom. The van der Waals surface area contributed by atoms with Crippen molar-refractivity contribution in [3.05, 3.63) is 95.6 Å². The maximum Gasteiger partial charge on any atom is 0.241 e. The van der Waals surface area contributed by atoms with Crippen molar-refractivity contribution in [3.63, 3.8) is 0 Å². The third kappa shape index (κ3) is 5.16. The lowest BCUT2D eigenvalue weighted by atomic mass is 9.98. The molecule has 3 aromatic rings. The maximum atomic E-state index is 13.3. The second kappa shape index (κ2) is 9.55. The average Bonchev–Trinajstić information content (AvgIpc) is 2.77. The number of nitrogens with one attached hydrogen (secondary N) is 1. The van der Waals surface area contributed by atoms with Crippen molar-refractivity contribution in [3.8, 4) is 5.75 Å². The highest BCUT2D eigenvalue weighted by Crippen LogP contribution is 2.30. The molecular formula is C23H22BrNO4S. The van der Waals surface area contributed by atoms with E-state index < -0.39 is 20.9 Å². The summed E-state index contributed by atoms with van der Waals surface area (Å²) in [7, 11) is -2.38. The molecule has 7 heteroatoms. The van der Waals surface area contributed by atoms with Crippen LogP contribution in [-0.2, 0) is 10.0 Å². The molecule has 3 rings (SSSR count). The number of rotatable bonds is 8. The summed E-state index contributed by atoms with van der Waals surface area (Å²) in [5, 5.41) is 0. The van der Waals surface area contributed by atoms with Gasteiger partial charge in [-0.15, -0.1) is 0 Å². The summed E-state index contributed by atoms with van der Waals surface area (Å²) >= 11 is 3.54. The molecule has 0 heterocycles. The summed E-state index contributed by atoms with van der Waals surface area (Å²) in [5.74, 6) is 0.265. The molecule has 5 nitrogen and oxygen atoms in total. The Labute approximate surface area is 185 Å². The van der Waals surface area contributed by atoms with Crippen molar-refractivity contribution in [2.45, 2.75) is 22.7 Å². The van der Waals surface area contributed by atoms with E-state index in [1.165, 1.54) is 12.1 Å². The van der Waals surface area contributed by atoms with Crippen LogP contribution in [0.1, 0.15) is 26.3 Å². The summed E-state index contributed by atoms with van der Waals surface area (Å²) in [6.45, 7) is 1.88. The summed E-state index contributed by atoms with van der Waals surface area (Å²) in [4.78, 5) is 12.9. The number of methoxy groups -OCH3 is 1. The highest BCUT2D eigenvalue weighted by atomic mass is 79.9. The predicted molar refractivity (Wildman–Crippen MR) is 121 cm³/mol. The van der Waals surface area contributed by atoms with Crippen LogP contribution < -0.4 is 9.46 Å². The Kier molecular flexibility index (Phi) is 7.07. The van der Waals surface area contributed by atoms with Crippen LogP contribution in [0.2, 0.25) is 0 Å². The van der Waals surface area contributed by atoms with Crippen LogP contribution in [0.5, 0.6) is 5.75 Å². The monoisotopic (exact) mass is 487 g/mol. The van der Waals surface area contributed by atoms with E-state index in [1.807, 2.05) is 37.3 Å². The smallest absolute Gasteiger partial charge is 0.241 e. The molecule has 3 aromatic carbocycles. The van der Waals surface area contributed by atoms with Gasteiger partial charge in [-0.2, -0.15) is 4.72 Å². The van der Waals surface area contributed by atoms with Gasteiger partial charge in [0.25, 0.3) is 0 Å². The lowest BCUT2D eigenvalue weighted by molar-refractivity contribution is 0.0952. The van der Waals surface area contributed by atoms with E-state index in [4.69, 9.17) is 4.74 Å². The zero-order valence-electron chi connectivity index (χ0n) is 16.6. The average molecular weight is 488 g/mol. The van der Waals surface area contributed by atoms with Gasteiger partial charge in [0.15, 0.2) is 5.78 Å². The minimum absolute atomic E-state index is 0.105. The molecule has 0 aliphatic rings. The molecule has 0 aliphatic heterocycles. The third-order valence-electron chi connectivity index (χ3n) is 4.68. The van der Waals surface area contributed by atoms with Gasteiger partial charge in [0.2, 0.25) is 10.0 Å². The van der Waals surface area contributed by atoms with E-state index in [9.17, 15) is 13.2 Å². The van der Waals surface area contributed by atoms with Crippen LogP contribution in [-0.4, -0.2) is 27.4 Å². The zero-order chi connectivity index (χ0) is 21.7. The lowest BCUT2D eigenvalue weighted by Crippen LogP contribution is -2.43. The van der Waals surface area contributed by atoms with E-state index in [-0.39, 0.29) is 10.7 Å². The number of aryl methyl sites for hydroxylation is 1. The number of alkyl halides is 1. The van der Waals surface area contributed by atoms with Gasteiger partial charge in [0, 0.05) is 5.56 Å². The Bertz CT molecular complexity index is 1100. The van der Waals surface area contributed by atoms with Gasteiger partial charge in [-0.25, -0.2) is 8.42 Å². The quantitative estimate of drug-likeness (QED) is 0.370. The number of sulfonamides is 1. The molecule has 156 valence electrons. The maximum absolute atomic E-state index is 13.3. The van der Waals surface area contributed by atoms with Crippen molar-refractivity contribution in [1.29, 1.82) is 0 Å². The van der Waals surface area contributed by atoms with E-state index >= 15 is 0 Å². The zero-order valence-corrected chi connectivity index (χ0v) is 19.0. The van der Waals surface area contributed by atoms with E-state index in [2.05, 4.69) is 20.7 Å². The fraction of sp³-hybridized carbons (Fsp3) is 0.174. The molecule has 0 bridgehead atoms. The summed E-state index contributed by atoms with van der Waals surface area (Å²) in [6, 6.07) is 21.3. The summed E-state index contributed by atoms with van der Waals surface area (Å²) < 4.78 is 33.8. The number of benzene rings is 3. The van der Waals surface area contributed by atoms with Gasteiger partial charge >= 0.3 is 0 Å². The van der Waals surface area contributed by atoms with Crippen molar-refractivity contribution in [2.75, 3.05) is 7.11 Å². The fourth-order valence-electron chi connectivity index (χ4n) is 2.96. The fourth-order valence-corrected chi connectivity index (χ4v) is 5.02. The Hall–Kier alpha value is -2.48. The third-order valence-corrected chi connectivity index (χ3v) is 7.20. The topological polar surface area (TPSA) is 72.5 Å². The highest BCUT2D eigenvalue weighted by Gasteiger charge is 2.33. The van der Waals surface area contributed by atoms with Gasteiger partial charge in [0.1, 0.15) is 11.8 Å². The normalized spacial score (nSPS) is 13.4. The van der Waals surface area contributed by atoms with Crippen molar-refractivity contribution in [1.82, 2.24) is 4.72 Å². The minimum Gasteiger partial charge on any atom is -0.497 e. The molecule has 1 N–H and O–H groups in total. The number of carbonyl (C=O) groups is 1. The molecule has 0 saturated heterocycles. The molecule has 0 amide bonds. The SMILES string of the molecule is COc1ccc(C(=O)[C@@H](NS(=O)(=O)c2ccc(C)cc2)[C@@H](Br)c2ccccc2)cc1. The van der Waals surface area contributed by atoms with Crippen molar-refractivity contribution >= 4 is 31.7 Å². The van der Waals surface area contributed by atoms with Crippen LogP contribution in [0, 0.1) is 6.92 Å². The van der Waals surface area contributed by atoms with E-state index in [0.29, 0.717) is 11.3 Å². The first-order valence-corrected chi connectivity index (χ1v) is 11.7. The van der Waals surface area contributed by atoms with Crippen LogP contribution >= 0.6 is 15.9 Å². The number of hydrogen-bond donors (Lipinski definition) is 1. The second-order valence-corrected chi connectivity index (χ2v) is 9.52. The summed E-state index contributed by atoms with van der Waals surface area (Å²) in [5.41, 5.74) is 2.12. The molecule has 0 fully saturated rings. The molecule has 0 saturated carbocycles. The Balaban J connectivity index is 1.98. The number of Topliss-reactive ketones (excluding diaryl/α,β-unsaturated/α-hetero) is 1. The van der Waals surface area contributed by atoms with Crippen molar-refractivity contribution in [2.24, 2.45) is 0 Å². The number of hydrogen-bond acceptors (Lipinski definition) is 4. The van der Waals surface area contributed by atoms with Crippen molar-refractivity contribution < 1.29 is 17.9 Å². The standard InChI is InChI=1S/C23H22BrNO4S/c1-16-8-14-20(15-9-16)30(27,28)25-22(21(24)17-6-4-3-5-7-17)23(26)18-10-12-19(29-2)13-11-18/h3-15,21-22,25H,1-2H3/t21-,22-/m0/s1. The van der Waals surface area contributed by atoms with Gasteiger partial charge in [-0.1, -0.05) is 64.0 Å². The molecule has 0 aromatic heterocycles. The molecule has 0 unspecified atom stereocenters. The molecular weight excluding hydrogens is 466 g/mol. The first-order chi connectivity index (χ1) is 14.3. The van der Waals surface area contributed by atoms with Gasteiger partial charge in [0.05, 0.1) is 16.8 Å². The largest absolute Gasteiger partial charge is 0.497 e. The number of ether oxygens (including phenoxy) is 1. The minimum atomic E-state index is -3.92. The second-order valence-electron chi connectivity index (χ2n) is 6.82. The first kappa shape index (κ1) is 22.2. The number of carbonyl (C=O) groups excluding carboxylic acids is 1. The predicted octanol–water partition coefficient (Wildman–Crippen LogP) is 4.67. The van der Waals surface area contributed by atoms with Crippen LogP contribution in [0.4, 0.5) is 0 Å². The lowest BCUT2D eigenvalue weighted by Gasteiger charge is -2.23. The summed E-state index contributed by atoms with van der Waals surface area (Å²) in [6.07, 6.45) is 0. The van der Waals surface area contributed by atoms with Gasteiger partial charge < -0.3 is 4.74 Å². The highest BCUT2D eigenvalue weighted by molar-refractivity contribution is 9.09. The van der Waals surface area contributed by atoms with E-state index in [1.54, 1.807) is 43.5 Å². The Morgan fingerprint density at radius 2 is 1.53 bits per heavy atom. The van der Waals surface area contributed by atoms with Gasteiger partial charge in [-0.05, 0) is 48.9 Å². The number of ketones is 1. The molecule has 0 spiro atoms. The van der Waals surface area contributed by atoms with Gasteiger partial charge in [-0.3, -0.25) is 4.79 Å². The number of halogens is 1. The molecule has 0 aliphatic carbocycles. The Morgan fingerprint density at radius 1 is 0.933 bits per heavy atom.